The summed E-state index contributed by atoms with van der Waals surface area (Å²) in [5.74, 6) is 0.236. The zero-order valence-electron chi connectivity index (χ0n) is 26.0. The van der Waals surface area contributed by atoms with E-state index in [1.165, 1.54) is 24.1 Å². The maximum Gasteiger partial charge on any atom is 0.264 e. The highest BCUT2D eigenvalue weighted by Gasteiger charge is 2.35. The van der Waals surface area contributed by atoms with E-state index in [0.717, 1.165) is 47.5 Å². The Bertz CT molecular complexity index is 1500. The van der Waals surface area contributed by atoms with Crippen molar-refractivity contribution in [1.82, 2.24) is 10.2 Å². The Hall–Kier alpha value is -4.05. The maximum absolute atomic E-state index is 14.4. The second-order valence-electron chi connectivity index (χ2n) is 11.1. The molecule has 0 saturated heterocycles. The number of nitrogens with one attached hydrogen (secondary N) is 1. The third-order valence-electron chi connectivity index (χ3n) is 8.09. The zero-order chi connectivity index (χ0) is 31.7. The number of anilines is 1. The zero-order valence-corrected chi connectivity index (χ0v) is 26.8. The number of ether oxygens (including phenoxy) is 2. The minimum Gasteiger partial charge on any atom is -0.497 e. The maximum atomic E-state index is 14.4. The van der Waals surface area contributed by atoms with E-state index >= 15 is 0 Å². The number of benzene rings is 3. The first kappa shape index (κ1) is 32.9. The molecule has 0 unspecified atom stereocenters. The minimum absolute atomic E-state index is 0.0468. The standard InChI is InChI=1S/C34H43N3O6S/c1-5-30(34(39)35-27-11-7-6-8-12-27)36(23-26-17-19-28(42-3)20-18-26)33(38)24-37(31-13-9-10-14-32(31)43-4)44(40,41)29-21-15-25(2)16-22-29/h9-10,13-22,27,30H,5-8,11-12,23-24H2,1-4H3,(H,35,39)/t30-/m1/s1. The fourth-order valence-electron chi connectivity index (χ4n) is 5.58. The minimum atomic E-state index is -4.20. The van der Waals surface area contributed by atoms with Crippen LogP contribution in [0.2, 0.25) is 0 Å². The molecule has 0 aromatic heterocycles. The Kier molecular flexibility index (Phi) is 11.3. The summed E-state index contributed by atoms with van der Waals surface area (Å²) >= 11 is 0. The number of carbonyl (C=O) groups excluding carboxylic acids is 2. The number of hydrogen-bond acceptors (Lipinski definition) is 6. The topological polar surface area (TPSA) is 105 Å². The van der Waals surface area contributed by atoms with Crippen LogP contribution in [-0.4, -0.2) is 58.0 Å². The first-order chi connectivity index (χ1) is 21.2. The lowest BCUT2D eigenvalue weighted by atomic mass is 9.95. The van der Waals surface area contributed by atoms with E-state index in [2.05, 4.69) is 5.32 Å². The van der Waals surface area contributed by atoms with Crippen molar-refractivity contribution in [1.29, 1.82) is 0 Å². The fourth-order valence-corrected chi connectivity index (χ4v) is 7.00. The Morgan fingerprint density at radius 1 is 0.909 bits per heavy atom. The molecule has 3 aromatic rings. The Balaban J connectivity index is 1.73. The molecule has 1 saturated carbocycles. The number of carbonyl (C=O) groups is 2. The quantitative estimate of drug-likeness (QED) is 0.272. The van der Waals surface area contributed by atoms with Crippen LogP contribution >= 0.6 is 0 Å². The molecule has 3 aromatic carbocycles. The molecular formula is C34H43N3O6S. The number of rotatable bonds is 13. The molecule has 0 aliphatic heterocycles. The van der Waals surface area contributed by atoms with Crippen LogP contribution in [0.3, 0.4) is 0 Å². The van der Waals surface area contributed by atoms with Crippen molar-refractivity contribution in [3.8, 4) is 11.5 Å². The van der Waals surface area contributed by atoms with Crippen molar-refractivity contribution in [2.75, 3.05) is 25.1 Å². The molecule has 1 atom stereocenters. The molecule has 0 heterocycles. The first-order valence-electron chi connectivity index (χ1n) is 15.1. The van der Waals surface area contributed by atoms with Crippen LogP contribution in [0.4, 0.5) is 5.69 Å². The largest absolute Gasteiger partial charge is 0.497 e. The highest BCUT2D eigenvalue weighted by Crippen LogP contribution is 2.33. The third-order valence-corrected chi connectivity index (χ3v) is 9.87. The molecule has 10 heteroatoms. The summed E-state index contributed by atoms with van der Waals surface area (Å²) in [5, 5.41) is 3.17. The van der Waals surface area contributed by atoms with Crippen molar-refractivity contribution in [2.24, 2.45) is 0 Å². The van der Waals surface area contributed by atoms with E-state index in [1.807, 2.05) is 26.0 Å². The molecule has 236 valence electrons. The lowest BCUT2D eigenvalue weighted by Crippen LogP contribution is -2.54. The molecule has 9 nitrogen and oxygen atoms in total. The molecule has 44 heavy (non-hydrogen) atoms. The van der Waals surface area contributed by atoms with Crippen molar-refractivity contribution >= 4 is 27.5 Å². The molecular weight excluding hydrogens is 578 g/mol. The Morgan fingerprint density at radius 2 is 1.57 bits per heavy atom. The van der Waals surface area contributed by atoms with E-state index in [1.54, 1.807) is 55.6 Å². The number of sulfonamides is 1. The number of amides is 2. The van der Waals surface area contributed by atoms with E-state index in [-0.39, 0.29) is 29.1 Å². The van der Waals surface area contributed by atoms with Crippen LogP contribution in [0.1, 0.15) is 56.6 Å². The predicted octanol–water partition coefficient (Wildman–Crippen LogP) is 5.46. The summed E-state index contributed by atoms with van der Waals surface area (Å²) in [4.78, 5) is 29.6. The number of methoxy groups -OCH3 is 2. The number of aryl methyl sites for hydroxylation is 1. The summed E-state index contributed by atoms with van der Waals surface area (Å²) in [6.45, 7) is 3.32. The third kappa shape index (κ3) is 7.91. The van der Waals surface area contributed by atoms with Gasteiger partial charge in [0.15, 0.2) is 0 Å². The molecule has 2 amide bonds. The van der Waals surface area contributed by atoms with Gasteiger partial charge in [0, 0.05) is 12.6 Å². The van der Waals surface area contributed by atoms with Gasteiger partial charge in [0.2, 0.25) is 11.8 Å². The van der Waals surface area contributed by atoms with Gasteiger partial charge in [-0.05, 0) is 68.1 Å². The summed E-state index contributed by atoms with van der Waals surface area (Å²) in [6.07, 6.45) is 5.44. The van der Waals surface area contributed by atoms with Gasteiger partial charge in [0.05, 0.1) is 24.8 Å². The average Bonchev–Trinajstić information content (AvgIpc) is 3.04. The molecule has 0 radical (unpaired) electrons. The Morgan fingerprint density at radius 3 is 2.18 bits per heavy atom. The van der Waals surface area contributed by atoms with E-state index in [4.69, 9.17) is 9.47 Å². The molecule has 0 spiro atoms. The van der Waals surface area contributed by atoms with Gasteiger partial charge < -0.3 is 19.7 Å². The van der Waals surface area contributed by atoms with Crippen molar-refractivity contribution in [2.45, 2.75) is 75.9 Å². The van der Waals surface area contributed by atoms with Crippen LogP contribution in [0.15, 0.2) is 77.7 Å². The molecule has 1 aliphatic rings. The van der Waals surface area contributed by atoms with Crippen LogP contribution in [-0.2, 0) is 26.2 Å². The lowest BCUT2D eigenvalue weighted by molar-refractivity contribution is -0.140. The van der Waals surface area contributed by atoms with Gasteiger partial charge in [-0.25, -0.2) is 8.42 Å². The smallest absolute Gasteiger partial charge is 0.264 e. The van der Waals surface area contributed by atoms with E-state index in [0.29, 0.717) is 17.9 Å². The molecule has 0 bridgehead atoms. The molecule has 4 rings (SSSR count). The molecule has 1 N–H and O–H groups in total. The van der Waals surface area contributed by atoms with E-state index in [9.17, 15) is 18.0 Å². The molecule has 1 fully saturated rings. The monoisotopic (exact) mass is 621 g/mol. The van der Waals surface area contributed by atoms with Crippen LogP contribution in [0.25, 0.3) is 0 Å². The Labute approximate surface area is 261 Å². The van der Waals surface area contributed by atoms with Gasteiger partial charge in [-0.1, -0.05) is 68.1 Å². The average molecular weight is 622 g/mol. The van der Waals surface area contributed by atoms with Gasteiger partial charge in [-0.3, -0.25) is 13.9 Å². The predicted molar refractivity (Wildman–Crippen MR) is 171 cm³/mol. The second-order valence-corrected chi connectivity index (χ2v) is 13.0. The highest BCUT2D eigenvalue weighted by atomic mass is 32.2. The highest BCUT2D eigenvalue weighted by molar-refractivity contribution is 7.92. The summed E-state index contributed by atoms with van der Waals surface area (Å²) in [5.41, 5.74) is 1.92. The summed E-state index contributed by atoms with van der Waals surface area (Å²) < 4.78 is 40.2. The number of para-hydroxylation sites is 2. The van der Waals surface area contributed by atoms with Crippen molar-refractivity contribution in [3.05, 3.63) is 83.9 Å². The first-order valence-corrected chi connectivity index (χ1v) is 16.6. The lowest BCUT2D eigenvalue weighted by Gasteiger charge is -2.34. The summed E-state index contributed by atoms with van der Waals surface area (Å²) in [7, 11) is -1.17. The van der Waals surface area contributed by atoms with Crippen LogP contribution < -0.4 is 19.1 Å². The number of nitrogens with zero attached hydrogens (tertiary/aromatic N) is 2. The second kappa shape index (κ2) is 15.1. The van der Waals surface area contributed by atoms with E-state index < -0.39 is 28.5 Å². The normalized spacial score (nSPS) is 14.4. The van der Waals surface area contributed by atoms with Gasteiger partial charge in [-0.2, -0.15) is 0 Å². The summed E-state index contributed by atoms with van der Waals surface area (Å²) in [6, 6.07) is 19.7. The fraction of sp³-hybridized carbons (Fsp3) is 0.412. The molecule has 1 aliphatic carbocycles. The van der Waals surface area contributed by atoms with Crippen LogP contribution in [0.5, 0.6) is 11.5 Å². The van der Waals surface area contributed by atoms with Gasteiger partial charge in [0.1, 0.15) is 24.1 Å². The van der Waals surface area contributed by atoms with Gasteiger partial charge in [0.25, 0.3) is 10.0 Å². The SMILES string of the molecule is CC[C@H](C(=O)NC1CCCCC1)N(Cc1ccc(OC)cc1)C(=O)CN(c1ccccc1OC)S(=O)(=O)c1ccc(C)cc1. The van der Waals surface area contributed by atoms with Crippen molar-refractivity contribution < 1.29 is 27.5 Å². The number of hydrogen-bond donors (Lipinski definition) is 1. The van der Waals surface area contributed by atoms with Crippen LogP contribution in [0, 0.1) is 6.92 Å². The van der Waals surface area contributed by atoms with Crippen molar-refractivity contribution in [3.63, 3.8) is 0 Å². The van der Waals surface area contributed by atoms with Gasteiger partial charge >= 0.3 is 0 Å². The van der Waals surface area contributed by atoms with Gasteiger partial charge in [-0.15, -0.1) is 0 Å².